The fourth-order valence-corrected chi connectivity index (χ4v) is 3.92. The monoisotopic (exact) mass is 470 g/mol. The second-order valence-corrected chi connectivity index (χ2v) is 8.16. The summed E-state index contributed by atoms with van der Waals surface area (Å²) in [5.41, 5.74) is 5.30. The van der Waals surface area contributed by atoms with E-state index < -0.39 is 0 Å². The van der Waals surface area contributed by atoms with E-state index in [4.69, 9.17) is 16.3 Å². The van der Waals surface area contributed by atoms with Crippen molar-refractivity contribution in [1.29, 1.82) is 0 Å². The number of aromatic nitrogens is 1. The van der Waals surface area contributed by atoms with Crippen LogP contribution >= 0.6 is 11.6 Å². The molecule has 0 aliphatic rings. The van der Waals surface area contributed by atoms with Gasteiger partial charge in [0, 0.05) is 10.4 Å². The van der Waals surface area contributed by atoms with E-state index in [1.54, 1.807) is 12.1 Å². The molecule has 4 aromatic rings. The van der Waals surface area contributed by atoms with Crippen LogP contribution in [-0.4, -0.2) is 29.0 Å². The summed E-state index contributed by atoms with van der Waals surface area (Å²) in [5, 5.41) is 14.9. The van der Waals surface area contributed by atoms with Gasteiger partial charge in [-0.05, 0) is 65.9 Å². The number of halogens is 1. The molecule has 0 saturated carbocycles. The minimum absolute atomic E-state index is 0.380. The van der Waals surface area contributed by atoms with Crippen LogP contribution in [0.15, 0.2) is 84.0 Å². The number of rotatable bonds is 7. The van der Waals surface area contributed by atoms with E-state index in [9.17, 15) is 10.0 Å². The topological polar surface area (TPSA) is 71.8 Å². The first-order valence-corrected chi connectivity index (χ1v) is 11.2. The number of fused-ring (bicyclic) bond motifs is 1. The van der Waals surface area contributed by atoms with Gasteiger partial charge in [-0.2, -0.15) is 0 Å². The van der Waals surface area contributed by atoms with Crippen molar-refractivity contribution in [2.24, 2.45) is 5.16 Å². The predicted octanol–water partition coefficient (Wildman–Crippen LogP) is 6.66. The van der Waals surface area contributed by atoms with Gasteiger partial charge in [0.05, 0.1) is 29.6 Å². The Hall–Kier alpha value is -3.96. The molecule has 1 aromatic heterocycles. The maximum atomic E-state index is 12.0. The first kappa shape index (κ1) is 23.2. The third-order valence-corrected chi connectivity index (χ3v) is 5.75. The van der Waals surface area contributed by atoms with Crippen molar-refractivity contribution in [3.05, 3.63) is 112 Å². The van der Waals surface area contributed by atoms with Crippen molar-refractivity contribution in [1.82, 2.24) is 4.98 Å². The number of carbonyl (C=O) groups is 1. The lowest BCUT2D eigenvalue weighted by molar-refractivity contribution is 0.0599. The van der Waals surface area contributed by atoms with Gasteiger partial charge in [-0.15, -0.1) is 0 Å². The normalized spacial score (nSPS) is 11.8. The Kier molecular flexibility index (Phi) is 7.35. The van der Waals surface area contributed by atoms with Gasteiger partial charge in [-0.25, -0.2) is 9.78 Å². The third kappa shape index (κ3) is 5.50. The van der Waals surface area contributed by atoms with Gasteiger partial charge in [0.15, 0.2) is 0 Å². The van der Waals surface area contributed by atoms with Gasteiger partial charge in [0.1, 0.15) is 0 Å². The minimum atomic E-state index is -0.380. The van der Waals surface area contributed by atoms with Crippen LogP contribution in [0.2, 0.25) is 5.02 Å². The number of methoxy groups -OCH3 is 1. The van der Waals surface area contributed by atoms with Crippen molar-refractivity contribution >= 4 is 46.3 Å². The highest BCUT2D eigenvalue weighted by atomic mass is 35.5. The Morgan fingerprint density at radius 3 is 2.68 bits per heavy atom. The lowest BCUT2D eigenvalue weighted by atomic mass is 9.97. The molecule has 0 atom stereocenters. The summed E-state index contributed by atoms with van der Waals surface area (Å²) in [6.07, 6.45) is 4.89. The lowest BCUT2D eigenvalue weighted by Crippen LogP contribution is -2.08. The molecule has 6 heteroatoms. The number of esters is 1. The van der Waals surface area contributed by atoms with Crippen molar-refractivity contribution in [2.75, 3.05) is 7.11 Å². The Morgan fingerprint density at radius 2 is 1.85 bits per heavy atom. The van der Waals surface area contributed by atoms with Crippen LogP contribution in [0.3, 0.4) is 0 Å². The Bertz CT molecular complexity index is 1400. The number of carbonyl (C=O) groups excluding carboxylic acids is 1. The number of hydrogen-bond acceptors (Lipinski definition) is 5. The first-order chi connectivity index (χ1) is 16.6. The van der Waals surface area contributed by atoms with Crippen LogP contribution in [0.1, 0.15) is 39.2 Å². The van der Waals surface area contributed by atoms with Gasteiger partial charge in [0.2, 0.25) is 0 Å². The number of aryl methyl sites for hydroxylation is 1. The van der Waals surface area contributed by atoms with Crippen LogP contribution in [0.25, 0.3) is 23.1 Å². The SMILES string of the molecule is COC(=O)c1ccccc1CCC(=NO)c1cccc(/C=C/c2ccc3ccc(Cl)cc3n2)c1. The molecule has 0 unspecified atom stereocenters. The second-order valence-electron chi connectivity index (χ2n) is 7.73. The van der Waals surface area contributed by atoms with E-state index in [0.717, 1.165) is 33.3 Å². The number of ether oxygens (including phenoxy) is 1. The lowest BCUT2D eigenvalue weighted by Gasteiger charge is -2.09. The Labute approximate surface area is 203 Å². The molecule has 0 amide bonds. The molecule has 0 saturated heterocycles. The number of oxime groups is 1. The average molecular weight is 471 g/mol. The fraction of sp³-hybridized carbons (Fsp3) is 0.107. The summed E-state index contributed by atoms with van der Waals surface area (Å²) in [4.78, 5) is 16.7. The zero-order chi connectivity index (χ0) is 23.9. The smallest absolute Gasteiger partial charge is 0.338 e. The minimum Gasteiger partial charge on any atom is -0.465 e. The zero-order valence-corrected chi connectivity index (χ0v) is 19.4. The van der Waals surface area contributed by atoms with E-state index in [0.29, 0.717) is 29.1 Å². The van der Waals surface area contributed by atoms with E-state index in [1.807, 2.05) is 78.9 Å². The quantitative estimate of drug-likeness (QED) is 0.142. The average Bonchev–Trinajstić information content (AvgIpc) is 2.87. The highest BCUT2D eigenvalue weighted by molar-refractivity contribution is 6.31. The summed E-state index contributed by atoms with van der Waals surface area (Å²) in [6, 6.07) is 24.6. The maximum Gasteiger partial charge on any atom is 0.338 e. The summed E-state index contributed by atoms with van der Waals surface area (Å²) in [7, 11) is 1.36. The van der Waals surface area contributed by atoms with E-state index >= 15 is 0 Å². The summed E-state index contributed by atoms with van der Waals surface area (Å²) in [6.45, 7) is 0. The molecule has 5 nitrogen and oxygen atoms in total. The van der Waals surface area contributed by atoms with E-state index in [-0.39, 0.29) is 5.97 Å². The van der Waals surface area contributed by atoms with Gasteiger partial charge >= 0.3 is 5.97 Å². The number of pyridine rings is 1. The summed E-state index contributed by atoms with van der Waals surface area (Å²) < 4.78 is 4.87. The Morgan fingerprint density at radius 1 is 1.03 bits per heavy atom. The molecule has 1 N–H and O–H groups in total. The second kappa shape index (κ2) is 10.8. The molecule has 0 fully saturated rings. The number of hydrogen-bond donors (Lipinski definition) is 1. The predicted molar refractivity (Wildman–Crippen MR) is 137 cm³/mol. The molecular formula is C28H23ClN2O3. The van der Waals surface area contributed by atoms with Gasteiger partial charge in [-0.3, -0.25) is 0 Å². The third-order valence-electron chi connectivity index (χ3n) is 5.52. The fourth-order valence-electron chi connectivity index (χ4n) is 3.75. The molecule has 0 spiro atoms. The van der Waals surface area contributed by atoms with Crippen molar-refractivity contribution in [2.45, 2.75) is 12.8 Å². The molecule has 170 valence electrons. The largest absolute Gasteiger partial charge is 0.465 e. The van der Waals surface area contributed by atoms with E-state index in [2.05, 4.69) is 10.1 Å². The van der Waals surface area contributed by atoms with Crippen LogP contribution in [0.5, 0.6) is 0 Å². The van der Waals surface area contributed by atoms with Crippen molar-refractivity contribution in [3.8, 4) is 0 Å². The van der Waals surface area contributed by atoms with E-state index in [1.165, 1.54) is 7.11 Å². The molecular weight excluding hydrogens is 448 g/mol. The van der Waals surface area contributed by atoms with Crippen molar-refractivity contribution in [3.63, 3.8) is 0 Å². The molecule has 1 heterocycles. The molecule has 0 aliphatic carbocycles. The first-order valence-electron chi connectivity index (χ1n) is 10.8. The van der Waals surface area contributed by atoms with Gasteiger partial charge < -0.3 is 9.94 Å². The van der Waals surface area contributed by atoms with Crippen LogP contribution in [0, 0.1) is 0 Å². The Balaban J connectivity index is 1.51. The molecule has 34 heavy (non-hydrogen) atoms. The zero-order valence-electron chi connectivity index (χ0n) is 18.6. The molecule has 0 radical (unpaired) electrons. The molecule has 4 rings (SSSR count). The highest BCUT2D eigenvalue weighted by Crippen LogP contribution is 2.20. The summed E-state index contributed by atoms with van der Waals surface area (Å²) in [5.74, 6) is -0.380. The maximum absolute atomic E-state index is 12.0. The standard InChI is InChI=1S/C28H23ClN2O3/c1-34-28(32)25-8-3-2-6-20(25)12-16-26(31-33)22-7-4-5-19(17-22)9-14-24-15-11-21-10-13-23(29)18-27(21)30-24/h2-11,13-15,17-18,33H,12,16H2,1H3/b14-9+,31-26?. The summed E-state index contributed by atoms with van der Waals surface area (Å²) >= 11 is 6.09. The van der Waals surface area contributed by atoms with Crippen LogP contribution < -0.4 is 0 Å². The van der Waals surface area contributed by atoms with Crippen LogP contribution in [-0.2, 0) is 11.2 Å². The molecule has 0 aliphatic heterocycles. The van der Waals surface area contributed by atoms with Gasteiger partial charge in [-0.1, -0.05) is 71.4 Å². The number of nitrogens with zero attached hydrogens (tertiary/aromatic N) is 2. The van der Waals surface area contributed by atoms with Crippen LogP contribution in [0.4, 0.5) is 0 Å². The van der Waals surface area contributed by atoms with Gasteiger partial charge in [0.25, 0.3) is 0 Å². The number of benzene rings is 3. The highest BCUT2D eigenvalue weighted by Gasteiger charge is 2.13. The van der Waals surface area contributed by atoms with Crippen molar-refractivity contribution < 1.29 is 14.7 Å². The molecule has 3 aromatic carbocycles. The molecule has 0 bridgehead atoms.